The minimum Gasteiger partial charge on any atom is -0.328 e. The number of aryl methyl sites for hydroxylation is 1. The monoisotopic (exact) mass is 373 g/mol. The molecule has 9 heteroatoms. The molecule has 0 radical (unpaired) electrons. The molecule has 2 atom stereocenters. The molecule has 1 aliphatic heterocycles. The number of aromatic nitrogens is 3. The van der Waals surface area contributed by atoms with Gasteiger partial charge < -0.3 is 5.32 Å². The van der Waals surface area contributed by atoms with E-state index in [4.69, 9.17) is 11.6 Å². The van der Waals surface area contributed by atoms with Crippen molar-refractivity contribution >= 4 is 29.0 Å². The van der Waals surface area contributed by atoms with Crippen molar-refractivity contribution in [2.24, 2.45) is 5.92 Å². The van der Waals surface area contributed by atoms with Gasteiger partial charge in [-0.05, 0) is 25.3 Å². The average Bonchev–Trinajstić information content (AvgIpc) is 2.92. The molecule has 1 aromatic carbocycles. The molecule has 2 heterocycles. The van der Waals surface area contributed by atoms with E-state index in [1.807, 2.05) is 6.92 Å². The molecule has 2 aromatic rings. The number of fused-ring (bicyclic) bond motifs is 1. The molecular weight excluding hydrogens is 358 g/mol. The van der Waals surface area contributed by atoms with Crippen LogP contribution in [0.2, 0.25) is 5.02 Å². The number of nitrogens with zero attached hydrogens (tertiary/aromatic N) is 4. The molecule has 0 saturated heterocycles. The van der Waals surface area contributed by atoms with E-state index in [0.717, 1.165) is 5.70 Å². The molecule has 4 rings (SSSR count). The molecule has 26 heavy (non-hydrogen) atoms. The van der Waals surface area contributed by atoms with Crippen molar-refractivity contribution in [2.75, 3.05) is 5.32 Å². The molecule has 2 aliphatic rings. The maximum atomic E-state index is 12.8. The first-order valence-corrected chi connectivity index (χ1v) is 8.63. The molecular formula is C17H16ClN5O3. The molecule has 0 spiro atoms. The number of carbonyl (C=O) groups is 1. The smallest absolute Gasteiger partial charge is 0.269 e. The van der Waals surface area contributed by atoms with E-state index in [2.05, 4.69) is 15.4 Å². The maximum absolute atomic E-state index is 12.8. The highest BCUT2D eigenvalue weighted by molar-refractivity contribution is 6.31. The Morgan fingerprint density at radius 3 is 2.88 bits per heavy atom. The van der Waals surface area contributed by atoms with Crippen molar-refractivity contribution in [3.8, 4) is 0 Å². The first-order chi connectivity index (χ1) is 12.3. The minimum atomic E-state index is -0.630. The van der Waals surface area contributed by atoms with Crippen LogP contribution in [0.3, 0.4) is 0 Å². The van der Waals surface area contributed by atoms with Crippen LogP contribution in [0.1, 0.15) is 37.2 Å². The van der Waals surface area contributed by atoms with Crippen LogP contribution in [0, 0.1) is 23.0 Å². The second-order valence-electron chi connectivity index (χ2n) is 6.75. The van der Waals surface area contributed by atoms with Crippen molar-refractivity contribution in [3.05, 3.63) is 56.0 Å². The number of hydrogen-bond donors (Lipinski definition) is 1. The highest BCUT2D eigenvalue weighted by atomic mass is 35.5. The first-order valence-electron chi connectivity index (χ1n) is 8.25. The number of anilines is 1. The molecule has 0 unspecified atom stereocenters. The van der Waals surface area contributed by atoms with E-state index >= 15 is 0 Å². The van der Waals surface area contributed by atoms with E-state index in [0.29, 0.717) is 40.8 Å². The third-order valence-corrected chi connectivity index (χ3v) is 5.06. The molecule has 0 fully saturated rings. The van der Waals surface area contributed by atoms with Crippen LogP contribution in [0.4, 0.5) is 11.6 Å². The summed E-state index contributed by atoms with van der Waals surface area (Å²) in [5, 5.41) is 19.2. The van der Waals surface area contributed by atoms with Gasteiger partial charge in [-0.2, -0.15) is 10.1 Å². The first kappa shape index (κ1) is 16.7. The number of nitrogens with one attached hydrogen (secondary N) is 1. The fraction of sp³-hybridized carbons (Fsp3) is 0.353. The summed E-state index contributed by atoms with van der Waals surface area (Å²) in [6, 6.07) is 3.61. The number of nitro benzene ring substituents is 1. The second-order valence-corrected chi connectivity index (χ2v) is 7.15. The van der Waals surface area contributed by atoms with Crippen LogP contribution in [-0.2, 0) is 4.79 Å². The van der Waals surface area contributed by atoms with Crippen LogP contribution in [0.5, 0.6) is 0 Å². The fourth-order valence-corrected chi connectivity index (χ4v) is 3.88. The quantitative estimate of drug-likeness (QED) is 0.639. The van der Waals surface area contributed by atoms with Crippen LogP contribution in [0.25, 0.3) is 0 Å². The van der Waals surface area contributed by atoms with Crippen molar-refractivity contribution in [3.63, 3.8) is 0 Å². The van der Waals surface area contributed by atoms with E-state index in [1.54, 1.807) is 11.6 Å². The number of Topliss-reactive ketones (excluding diaryl/α,β-unsaturated/α-hetero) is 1. The van der Waals surface area contributed by atoms with Crippen molar-refractivity contribution in [1.29, 1.82) is 0 Å². The summed E-state index contributed by atoms with van der Waals surface area (Å²) in [4.78, 5) is 28.0. The van der Waals surface area contributed by atoms with Crippen molar-refractivity contribution in [1.82, 2.24) is 14.8 Å². The summed E-state index contributed by atoms with van der Waals surface area (Å²) in [6.07, 6.45) is 1.13. The Labute approximate surface area is 154 Å². The fourth-order valence-electron chi connectivity index (χ4n) is 3.66. The molecule has 1 N–H and O–H groups in total. The average molecular weight is 374 g/mol. The zero-order valence-corrected chi connectivity index (χ0v) is 14.9. The van der Waals surface area contributed by atoms with E-state index in [9.17, 15) is 14.9 Å². The van der Waals surface area contributed by atoms with Gasteiger partial charge in [0.05, 0.1) is 4.92 Å². The molecule has 8 nitrogen and oxygen atoms in total. The Bertz CT molecular complexity index is 981. The van der Waals surface area contributed by atoms with E-state index in [-0.39, 0.29) is 17.4 Å². The SMILES string of the molecule is Cc1nc2n(n1)[C@@H](c1cc([N+](=O)[O-])ccc1Cl)C1=C(C[C@H](C)CC1=O)N2. The zero-order valence-electron chi connectivity index (χ0n) is 14.2. The summed E-state index contributed by atoms with van der Waals surface area (Å²) in [5.41, 5.74) is 1.74. The third kappa shape index (κ3) is 2.57. The lowest BCUT2D eigenvalue weighted by molar-refractivity contribution is -0.384. The van der Waals surface area contributed by atoms with Crippen molar-refractivity contribution in [2.45, 2.75) is 32.7 Å². The van der Waals surface area contributed by atoms with E-state index < -0.39 is 11.0 Å². The number of allylic oxidation sites excluding steroid dienone is 2. The second kappa shape index (κ2) is 5.91. The maximum Gasteiger partial charge on any atom is 0.269 e. The molecule has 0 amide bonds. The van der Waals surface area contributed by atoms with Gasteiger partial charge in [0.2, 0.25) is 5.95 Å². The van der Waals surface area contributed by atoms with Gasteiger partial charge >= 0.3 is 0 Å². The summed E-state index contributed by atoms with van der Waals surface area (Å²) >= 11 is 6.38. The Morgan fingerprint density at radius 1 is 1.38 bits per heavy atom. The summed E-state index contributed by atoms with van der Waals surface area (Å²) < 4.78 is 1.59. The highest BCUT2D eigenvalue weighted by Crippen LogP contribution is 2.43. The number of carbonyl (C=O) groups excluding carboxylic acids is 1. The van der Waals surface area contributed by atoms with Gasteiger partial charge in [0.15, 0.2) is 5.78 Å². The topological polar surface area (TPSA) is 103 Å². The number of benzene rings is 1. The predicted octanol–water partition coefficient (Wildman–Crippen LogP) is 3.42. The molecule has 1 aliphatic carbocycles. The molecule has 1 aromatic heterocycles. The van der Waals surface area contributed by atoms with Crippen LogP contribution in [0.15, 0.2) is 29.5 Å². The molecule has 0 saturated carbocycles. The number of ketones is 1. The summed E-state index contributed by atoms with van der Waals surface area (Å²) in [5.74, 6) is 1.26. The lowest BCUT2D eigenvalue weighted by atomic mass is 9.81. The van der Waals surface area contributed by atoms with Crippen molar-refractivity contribution < 1.29 is 9.72 Å². The van der Waals surface area contributed by atoms with Gasteiger partial charge in [0.25, 0.3) is 5.69 Å². The largest absolute Gasteiger partial charge is 0.328 e. The number of hydrogen-bond acceptors (Lipinski definition) is 6. The minimum absolute atomic E-state index is 0.00220. The number of halogens is 1. The van der Waals surface area contributed by atoms with Gasteiger partial charge in [-0.1, -0.05) is 18.5 Å². The number of rotatable bonds is 2. The predicted molar refractivity (Wildman–Crippen MR) is 95.1 cm³/mol. The van der Waals surface area contributed by atoms with E-state index in [1.165, 1.54) is 18.2 Å². The van der Waals surface area contributed by atoms with Crippen LogP contribution < -0.4 is 5.32 Å². The zero-order chi connectivity index (χ0) is 18.6. The Balaban J connectivity index is 1.96. The van der Waals surface area contributed by atoms with Gasteiger partial charge in [-0.15, -0.1) is 0 Å². The Kier molecular flexibility index (Phi) is 3.80. The standard InChI is InChI=1S/C17H16ClN5O3/c1-8-5-13-15(14(24)6-8)16(22-17(20-13)19-9(2)21-22)11-7-10(23(25)26)3-4-12(11)18/h3-4,7-8,16H,5-6H2,1-2H3,(H,19,20,21)/t8-,16-/m0/s1. The van der Waals surface area contributed by atoms with Gasteiger partial charge in [0, 0.05) is 40.4 Å². The summed E-state index contributed by atoms with van der Waals surface area (Å²) in [7, 11) is 0. The molecule has 134 valence electrons. The normalized spacial score (nSPS) is 21.9. The lowest BCUT2D eigenvalue weighted by Crippen LogP contribution is -2.33. The van der Waals surface area contributed by atoms with Gasteiger partial charge in [-0.3, -0.25) is 14.9 Å². The number of nitro groups is 1. The Morgan fingerprint density at radius 2 is 2.15 bits per heavy atom. The molecule has 0 bridgehead atoms. The third-order valence-electron chi connectivity index (χ3n) is 4.71. The Hall–Kier alpha value is -2.74. The highest BCUT2D eigenvalue weighted by Gasteiger charge is 2.39. The van der Waals surface area contributed by atoms with Crippen LogP contribution in [-0.4, -0.2) is 25.5 Å². The lowest BCUT2D eigenvalue weighted by Gasteiger charge is -2.34. The van der Waals surface area contributed by atoms with Gasteiger partial charge in [-0.25, -0.2) is 4.68 Å². The van der Waals surface area contributed by atoms with Gasteiger partial charge in [0.1, 0.15) is 11.9 Å². The summed E-state index contributed by atoms with van der Waals surface area (Å²) in [6.45, 7) is 3.77. The number of non-ortho nitro benzene ring substituents is 1. The van der Waals surface area contributed by atoms with Crippen LogP contribution >= 0.6 is 11.6 Å².